The van der Waals surface area contributed by atoms with E-state index in [2.05, 4.69) is 29.7 Å². The Bertz CT molecular complexity index is 882. The van der Waals surface area contributed by atoms with Crippen LogP contribution in [0.5, 0.6) is 0 Å². The maximum absolute atomic E-state index is 7.60. The average Bonchev–Trinajstić information content (AvgIpc) is 2.55. The van der Waals surface area contributed by atoms with Gasteiger partial charge in [-0.15, -0.1) is 0 Å². The van der Waals surface area contributed by atoms with E-state index in [0.29, 0.717) is 5.56 Å². The molecule has 1 heterocycles. The van der Waals surface area contributed by atoms with Crippen LogP contribution >= 0.6 is 0 Å². The third kappa shape index (κ3) is 2.73. The van der Waals surface area contributed by atoms with Crippen molar-refractivity contribution in [2.24, 2.45) is 7.05 Å². The second-order valence-electron chi connectivity index (χ2n) is 5.31. The summed E-state index contributed by atoms with van der Waals surface area (Å²) in [7, 11) is 2.02. The molecule has 0 aliphatic heterocycles. The van der Waals surface area contributed by atoms with Crippen molar-refractivity contribution in [3.05, 3.63) is 78.0 Å². The zero-order valence-electron chi connectivity index (χ0n) is 15.3. The maximum atomic E-state index is 7.60. The molecule has 0 unspecified atom stereocenters. The largest absolute Gasteiger partial charge is 0.213 e. The third-order valence-corrected chi connectivity index (χ3v) is 3.77. The zero-order valence-corrected chi connectivity index (χ0v) is 12.3. The van der Waals surface area contributed by atoms with Crippen molar-refractivity contribution >= 4 is 0 Å². The quantitative estimate of drug-likeness (QED) is 0.609. The lowest BCUT2D eigenvalue weighted by Crippen LogP contribution is -2.30. The first-order chi connectivity index (χ1) is 11.4. The number of hydrogen-bond acceptors (Lipinski definition) is 0. The molecule has 0 fully saturated rings. The minimum Gasteiger partial charge on any atom is -0.201 e. The Morgan fingerprint density at radius 3 is 2.52 bits per heavy atom. The second kappa shape index (κ2) is 5.53. The Hall–Kier alpha value is -2.41. The van der Waals surface area contributed by atoms with E-state index in [9.17, 15) is 0 Å². The van der Waals surface area contributed by atoms with E-state index in [4.69, 9.17) is 4.11 Å². The Balaban J connectivity index is 2.12. The van der Waals surface area contributed by atoms with Crippen molar-refractivity contribution in [2.45, 2.75) is 13.8 Å². The fraction of sp³-hybridized carbons (Fsp3) is 0.150. The Morgan fingerprint density at radius 1 is 0.905 bits per heavy atom. The molecular formula is C20H20N+. The third-order valence-electron chi connectivity index (χ3n) is 3.77. The summed E-state index contributed by atoms with van der Waals surface area (Å²) in [6.07, 6.45) is 2.01. The highest BCUT2D eigenvalue weighted by Gasteiger charge is 2.13. The van der Waals surface area contributed by atoms with Gasteiger partial charge in [-0.25, -0.2) is 4.57 Å². The van der Waals surface area contributed by atoms with E-state index < -0.39 is 6.85 Å². The van der Waals surface area contributed by atoms with Gasteiger partial charge in [0.15, 0.2) is 6.20 Å². The number of aromatic nitrogens is 1. The molecule has 0 aliphatic rings. The first-order valence-corrected chi connectivity index (χ1v) is 7.03. The molecule has 0 saturated carbocycles. The topological polar surface area (TPSA) is 3.88 Å². The summed E-state index contributed by atoms with van der Waals surface area (Å²) in [5.41, 5.74) is 5.78. The van der Waals surface area contributed by atoms with E-state index in [-0.39, 0.29) is 0 Å². The first-order valence-electron chi connectivity index (χ1n) is 8.53. The highest BCUT2D eigenvalue weighted by molar-refractivity contribution is 5.70. The van der Waals surface area contributed by atoms with Gasteiger partial charge < -0.3 is 0 Å². The lowest BCUT2D eigenvalue weighted by molar-refractivity contribution is -0.660. The number of aryl methyl sites for hydroxylation is 3. The molecule has 3 rings (SSSR count). The summed E-state index contributed by atoms with van der Waals surface area (Å²) in [5.74, 6) is 0. The summed E-state index contributed by atoms with van der Waals surface area (Å²) in [6, 6.07) is 19.5. The number of nitrogens with zero attached hydrogens (tertiary/aromatic N) is 1. The Labute approximate surface area is 130 Å². The van der Waals surface area contributed by atoms with Gasteiger partial charge in [0.1, 0.15) is 7.05 Å². The van der Waals surface area contributed by atoms with Gasteiger partial charge in [-0.1, -0.05) is 48.0 Å². The summed E-state index contributed by atoms with van der Waals surface area (Å²) >= 11 is 0. The molecule has 0 amide bonds. The van der Waals surface area contributed by atoms with Gasteiger partial charge >= 0.3 is 0 Å². The van der Waals surface area contributed by atoms with E-state index in [0.717, 1.165) is 16.8 Å². The van der Waals surface area contributed by atoms with E-state index in [1.54, 1.807) is 18.2 Å². The van der Waals surface area contributed by atoms with Crippen molar-refractivity contribution in [3.8, 4) is 22.4 Å². The molecule has 1 aromatic heterocycles. The Morgan fingerprint density at radius 2 is 1.71 bits per heavy atom. The fourth-order valence-corrected chi connectivity index (χ4v) is 2.58. The van der Waals surface area contributed by atoms with Gasteiger partial charge in [0, 0.05) is 21.8 Å². The number of benzene rings is 2. The highest BCUT2D eigenvalue weighted by Crippen LogP contribution is 2.25. The normalized spacial score (nSPS) is 13.3. The number of rotatable bonds is 2. The predicted octanol–water partition coefficient (Wildman–Crippen LogP) is 4.46. The molecule has 0 N–H and O–H groups in total. The van der Waals surface area contributed by atoms with Crippen LogP contribution in [0, 0.1) is 13.8 Å². The average molecular weight is 277 g/mol. The van der Waals surface area contributed by atoms with Gasteiger partial charge in [0.2, 0.25) is 5.69 Å². The van der Waals surface area contributed by atoms with Crippen molar-refractivity contribution in [3.63, 3.8) is 0 Å². The van der Waals surface area contributed by atoms with E-state index in [1.165, 1.54) is 11.1 Å². The van der Waals surface area contributed by atoms with Crippen molar-refractivity contribution in [1.82, 2.24) is 0 Å². The lowest BCUT2D eigenvalue weighted by Gasteiger charge is -2.07. The molecular weight excluding hydrogens is 254 g/mol. The van der Waals surface area contributed by atoms with Crippen LogP contribution in [0.1, 0.15) is 15.2 Å². The van der Waals surface area contributed by atoms with Crippen LogP contribution in [0.2, 0.25) is 0 Å². The molecule has 104 valence electrons. The zero-order chi connectivity index (χ0) is 17.3. The molecule has 21 heavy (non-hydrogen) atoms. The maximum Gasteiger partial charge on any atom is 0.213 e. The number of pyridine rings is 1. The first kappa shape index (κ1) is 10.3. The SMILES string of the molecule is [2H]C([2H])([2H])c1cccc(-c2cc[n+](C)c(-c3ccccc3C)c2)c1. The predicted molar refractivity (Wildman–Crippen MR) is 88.0 cm³/mol. The lowest BCUT2D eigenvalue weighted by atomic mass is 9.99. The summed E-state index contributed by atoms with van der Waals surface area (Å²) in [6.45, 7) is 0.00552. The van der Waals surface area contributed by atoms with Gasteiger partial charge in [-0.2, -0.15) is 0 Å². The summed E-state index contributed by atoms with van der Waals surface area (Å²) < 4.78 is 24.9. The molecule has 1 nitrogen and oxygen atoms in total. The molecule has 0 bridgehead atoms. The van der Waals surface area contributed by atoms with E-state index in [1.807, 2.05) is 37.5 Å². The molecule has 0 aliphatic carbocycles. The summed E-state index contributed by atoms with van der Waals surface area (Å²) in [4.78, 5) is 0. The van der Waals surface area contributed by atoms with Crippen LogP contribution in [0.4, 0.5) is 0 Å². The van der Waals surface area contributed by atoms with Crippen molar-refractivity contribution in [1.29, 1.82) is 0 Å². The van der Waals surface area contributed by atoms with Crippen LogP contribution in [-0.2, 0) is 7.05 Å². The van der Waals surface area contributed by atoms with Crippen LogP contribution in [-0.4, -0.2) is 0 Å². The molecule has 3 aromatic rings. The van der Waals surface area contributed by atoms with E-state index >= 15 is 0 Å². The van der Waals surface area contributed by atoms with Crippen LogP contribution in [0.15, 0.2) is 66.9 Å². The molecule has 2 aromatic carbocycles. The van der Waals surface area contributed by atoms with Crippen LogP contribution in [0.3, 0.4) is 0 Å². The van der Waals surface area contributed by atoms with Gasteiger partial charge in [0.25, 0.3) is 0 Å². The van der Waals surface area contributed by atoms with Crippen molar-refractivity contribution in [2.75, 3.05) is 0 Å². The highest BCUT2D eigenvalue weighted by atomic mass is 14.9. The number of hydrogen-bond donors (Lipinski definition) is 0. The fourth-order valence-electron chi connectivity index (χ4n) is 2.58. The van der Waals surface area contributed by atoms with Gasteiger partial charge in [-0.05, 0) is 36.5 Å². The van der Waals surface area contributed by atoms with Gasteiger partial charge in [0.05, 0.1) is 0 Å². The van der Waals surface area contributed by atoms with Gasteiger partial charge in [-0.3, -0.25) is 0 Å². The molecule has 0 saturated heterocycles. The molecule has 1 heteroatoms. The molecule has 0 radical (unpaired) electrons. The van der Waals surface area contributed by atoms with Crippen molar-refractivity contribution < 1.29 is 8.68 Å². The monoisotopic (exact) mass is 277 g/mol. The minimum atomic E-state index is -2.09. The van der Waals surface area contributed by atoms with Crippen LogP contribution < -0.4 is 4.57 Å². The minimum absolute atomic E-state index is 0.366. The smallest absolute Gasteiger partial charge is 0.201 e. The summed E-state index contributed by atoms with van der Waals surface area (Å²) in [5, 5.41) is 0. The Kier molecular flexibility index (Phi) is 2.72. The second-order valence-corrected chi connectivity index (χ2v) is 5.31. The molecule has 0 spiro atoms. The standard InChI is InChI=1S/C20H20N/c1-15-7-6-9-17(13-15)18-11-12-21(3)20(14-18)19-10-5-4-8-16(19)2/h4-14H,1-3H3/q+1/i1D3. The van der Waals surface area contributed by atoms with Crippen LogP contribution in [0.25, 0.3) is 22.4 Å². The molecule has 0 atom stereocenters.